The lowest BCUT2D eigenvalue weighted by atomic mass is 10.1. The first-order valence-corrected chi connectivity index (χ1v) is 10.4. The van der Waals surface area contributed by atoms with Gasteiger partial charge in [0.15, 0.2) is 6.61 Å². The van der Waals surface area contributed by atoms with Crippen molar-refractivity contribution < 1.29 is 27.1 Å². The van der Waals surface area contributed by atoms with Gasteiger partial charge < -0.3 is 10.1 Å². The number of carbonyl (C=O) groups excluding carboxylic acids is 2. The first-order valence-electron chi connectivity index (χ1n) is 8.99. The number of aryl methyl sites for hydroxylation is 2. The fraction of sp³-hybridized carbons (Fsp3) is 0.300. The van der Waals surface area contributed by atoms with Crippen LogP contribution in [0.15, 0.2) is 41.3 Å². The fourth-order valence-corrected chi connectivity index (χ4v) is 4.02. The third kappa shape index (κ3) is 4.63. The Kier molecular flexibility index (Phi) is 5.99. The second kappa shape index (κ2) is 8.30. The number of rotatable bonds is 6. The van der Waals surface area contributed by atoms with Crippen LogP contribution in [-0.4, -0.2) is 45.3 Å². The van der Waals surface area contributed by atoms with Crippen molar-refractivity contribution in [2.24, 2.45) is 0 Å². The number of hydrogen-bond donors (Lipinski definition) is 1. The van der Waals surface area contributed by atoms with Crippen LogP contribution in [0.3, 0.4) is 0 Å². The number of fused-ring (bicyclic) bond motifs is 1. The van der Waals surface area contributed by atoms with Crippen LogP contribution >= 0.6 is 0 Å². The van der Waals surface area contributed by atoms with Crippen molar-refractivity contribution in [3.63, 3.8) is 0 Å². The van der Waals surface area contributed by atoms with Crippen LogP contribution in [0, 0.1) is 5.82 Å². The molecule has 1 aliphatic rings. The molecule has 0 saturated carbocycles. The van der Waals surface area contributed by atoms with Gasteiger partial charge in [0, 0.05) is 19.8 Å². The molecule has 2 aromatic carbocycles. The summed E-state index contributed by atoms with van der Waals surface area (Å²) in [7, 11) is -1.21. The van der Waals surface area contributed by atoms with Gasteiger partial charge >= 0.3 is 5.97 Å². The number of anilines is 1. The molecule has 0 unspecified atom stereocenters. The van der Waals surface area contributed by atoms with Crippen LogP contribution in [0.5, 0.6) is 0 Å². The number of nitrogens with zero attached hydrogens (tertiary/aromatic N) is 1. The van der Waals surface area contributed by atoms with E-state index in [-0.39, 0.29) is 4.90 Å². The zero-order valence-electron chi connectivity index (χ0n) is 16.1. The summed E-state index contributed by atoms with van der Waals surface area (Å²) in [6.07, 6.45) is 3.06. The summed E-state index contributed by atoms with van der Waals surface area (Å²) >= 11 is 0. The van der Waals surface area contributed by atoms with Gasteiger partial charge in [-0.3, -0.25) is 4.79 Å². The van der Waals surface area contributed by atoms with E-state index in [1.807, 2.05) is 12.1 Å². The van der Waals surface area contributed by atoms with Crippen molar-refractivity contribution in [2.45, 2.75) is 24.2 Å². The minimum atomic E-state index is -3.85. The zero-order valence-corrected chi connectivity index (χ0v) is 16.9. The average molecular weight is 420 g/mol. The van der Waals surface area contributed by atoms with Gasteiger partial charge in [-0.25, -0.2) is 21.9 Å². The highest BCUT2D eigenvalue weighted by Gasteiger charge is 2.22. The van der Waals surface area contributed by atoms with E-state index >= 15 is 0 Å². The lowest BCUT2D eigenvalue weighted by Gasteiger charge is -2.13. The highest BCUT2D eigenvalue weighted by atomic mass is 32.2. The molecule has 2 aromatic rings. The number of carbonyl (C=O) groups is 2. The zero-order chi connectivity index (χ0) is 21.2. The van der Waals surface area contributed by atoms with E-state index in [0.717, 1.165) is 41.8 Å². The number of amides is 1. The van der Waals surface area contributed by atoms with Crippen LogP contribution in [0.4, 0.5) is 10.1 Å². The SMILES string of the molecule is CN(C)S(=O)(=O)c1ccc(F)c(C(=O)OCC(=O)Nc2ccc3c(c2)CCC3)c1. The number of hydrogen-bond acceptors (Lipinski definition) is 5. The molecule has 0 aromatic heterocycles. The van der Waals surface area contributed by atoms with Gasteiger partial charge in [0.1, 0.15) is 5.82 Å². The standard InChI is InChI=1S/C20H21FN2O5S/c1-23(2)29(26,27)16-8-9-18(21)17(11-16)20(25)28-12-19(24)22-15-7-6-13-4-3-5-14(13)10-15/h6-11H,3-5,12H2,1-2H3,(H,22,24). The molecule has 29 heavy (non-hydrogen) atoms. The molecule has 0 spiro atoms. The third-order valence-electron chi connectivity index (χ3n) is 4.65. The molecule has 0 aliphatic heterocycles. The number of nitrogens with one attached hydrogen (secondary N) is 1. The van der Waals surface area contributed by atoms with Gasteiger partial charge in [-0.15, -0.1) is 0 Å². The van der Waals surface area contributed by atoms with Crippen molar-refractivity contribution in [1.82, 2.24) is 4.31 Å². The van der Waals surface area contributed by atoms with E-state index in [9.17, 15) is 22.4 Å². The Labute approximate surface area is 168 Å². The predicted molar refractivity (Wildman–Crippen MR) is 105 cm³/mol. The molecular formula is C20H21FN2O5S. The van der Waals surface area contributed by atoms with Crippen LogP contribution in [-0.2, 0) is 32.4 Å². The molecule has 0 saturated heterocycles. The first kappa shape index (κ1) is 20.9. The van der Waals surface area contributed by atoms with E-state index in [4.69, 9.17) is 4.74 Å². The second-order valence-corrected chi connectivity index (χ2v) is 9.04. The van der Waals surface area contributed by atoms with Crippen LogP contribution < -0.4 is 5.32 Å². The number of esters is 1. The van der Waals surface area contributed by atoms with Gasteiger partial charge in [0.25, 0.3) is 5.91 Å². The molecule has 1 N–H and O–H groups in total. The van der Waals surface area contributed by atoms with Crippen molar-refractivity contribution in [3.8, 4) is 0 Å². The number of halogens is 1. The quantitative estimate of drug-likeness (QED) is 0.725. The Hall–Kier alpha value is -2.78. The molecule has 0 fully saturated rings. The molecule has 0 radical (unpaired) electrons. The van der Waals surface area contributed by atoms with Crippen molar-refractivity contribution >= 4 is 27.6 Å². The van der Waals surface area contributed by atoms with E-state index in [1.165, 1.54) is 25.2 Å². The number of ether oxygens (including phenoxy) is 1. The molecule has 0 heterocycles. The average Bonchev–Trinajstić information content (AvgIpc) is 3.14. The molecule has 1 aliphatic carbocycles. The van der Waals surface area contributed by atoms with Crippen molar-refractivity contribution in [2.75, 3.05) is 26.0 Å². The van der Waals surface area contributed by atoms with Crippen molar-refractivity contribution in [3.05, 3.63) is 58.9 Å². The summed E-state index contributed by atoms with van der Waals surface area (Å²) in [6, 6.07) is 8.44. The second-order valence-electron chi connectivity index (χ2n) is 6.89. The smallest absolute Gasteiger partial charge is 0.341 e. The van der Waals surface area contributed by atoms with Crippen LogP contribution in [0.1, 0.15) is 27.9 Å². The number of benzene rings is 2. The highest BCUT2D eigenvalue weighted by Crippen LogP contribution is 2.25. The van der Waals surface area contributed by atoms with Crippen LogP contribution in [0.25, 0.3) is 0 Å². The summed E-state index contributed by atoms with van der Waals surface area (Å²) in [5.74, 6) is -2.64. The Morgan fingerprint density at radius 2 is 1.83 bits per heavy atom. The van der Waals surface area contributed by atoms with Gasteiger partial charge in [0.05, 0.1) is 10.5 Å². The van der Waals surface area contributed by atoms with Gasteiger partial charge in [0.2, 0.25) is 10.0 Å². The Morgan fingerprint density at radius 1 is 1.10 bits per heavy atom. The maximum atomic E-state index is 14.0. The summed E-state index contributed by atoms with van der Waals surface area (Å²) in [5, 5.41) is 2.63. The maximum absolute atomic E-state index is 14.0. The molecule has 154 valence electrons. The van der Waals surface area contributed by atoms with Crippen molar-refractivity contribution in [1.29, 1.82) is 0 Å². The third-order valence-corrected chi connectivity index (χ3v) is 6.46. The maximum Gasteiger partial charge on any atom is 0.341 e. The largest absolute Gasteiger partial charge is 0.452 e. The Bertz CT molecular complexity index is 1070. The summed E-state index contributed by atoms with van der Waals surface area (Å²) < 4.78 is 44.1. The minimum Gasteiger partial charge on any atom is -0.452 e. The summed E-state index contributed by atoms with van der Waals surface area (Å²) in [4.78, 5) is 24.0. The Balaban J connectivity index is 1.65. The molecular weight excluding hydrogens is 399 g/mol. The molecule has 0 atom stereocenters. The molecule has 0 bridgehead atoms. The fourth-order valence-electron chi connectivity index (χ4n) is 3.09. The van der Waals surface area contributed by atoms with Crippen LogP contribution in [0.2, 0.25) is 0 Å². The number of sulfonamides is 1. The van der Waals surface area contributed by atoms with E-state index in [0.29, 0.717) is 5.69 Å². The monoisotopic (exact) mass is 420 g/mol. The molecule has 1 amide bonds. The molecule has 3 rings (SSSR count). The molecule has 9 heteroatoms. The topological polar surface area (TPSA) is 92.8 Å². The van der Waals surface area contributed by atoms with E-state index in [2.05, 4.69) is 5.32 Å². The van der Waals surface area contributed by atoms with E-state index in [1.54, 1.807) is 6.07 Å². The lowest BCUT2D eigenvalue weighted by molar-refractivity contribution is -0.119. The minimum absolute atomic E-state index is 0.251. The first-order chi connectivity index (χ1) is 13.7. The highest BCUT2D eigenvalue weighted by molar-refractivity contribution is 7.89. The van der Waals surface area contributed by atoms with Gasteiger partial charge in [-0.2, -0.15) is 0 Å². The normalized spacial score (nSPS) is 13.2. The Morgan fingerprint density at radius 3 is 2.55 bits per heavy atom. The summed E-state index contributed by atoms with van der Waals surface area (Å²) in [5.41, 5.74) is 2.48. The van der Waals surface area contributed by atoms with Gasteiger partial charge in [-0.05, 0) is 60.7 Å². The van der Waals surface area contributed by atoms with E-state index < -0.39 is 39.9 Å². The lowest BCUT2D eigenvalue weighted by Crippen LogP contribution is -2.23. The summed E-state index contributed by atoms with van der Waals surface area (Å²) in [6.45, 7) is -0.625. The predicted octanol–water partition coefficient (Wildman–Crippen LogP) is 2.36. The van der Waals surface area contributed by atoms with Gasteiger partial charge in [-0.1, -0.05) is 6.07 Å². The molecule has 7 nitrogen and oxygen atoms in total.